The van der Waals surface area contributed by atoms with Crippen molar-refractivity contribution >= 4 is 38.2 Å². The van der Waals surface area contributed by atoms with Gasteiger partial charge in [0.15, 0.2) is 0 Å². The van der Waals surface area contributed by atoms with Crippen LogP contribution < -0.4 is 9.62 Å². The predicted molar refractivity (Wildman–Crippen MR) is 108 cm³/mol. The Hall–Kier alpha value is -2.80. The van der Waals surface area contributed by atoms with E-state index in [0.717, 1.165) is 17.3 Å². The molecule has 1 N–H and O–H groups in total. The van der Waals surface area contributed by atoms with Crippen LogP contribution in [0, 0.1) is 0 Å². The third-order valence-corrected chi connectivity index (χ3v) is 6.78. The molecule has 2 aromatic carbocycles. The van der Waals surface area contributed by atoms with Crippen molar-refractivity contribution in [1.82, 2.24) is 4.57 Å². The first-order valence-electron chi connectivity index (χ1n) is 8.91. The van der Waals surface area contributed by atoms with E-state index in [0.29, 0.717) is 29.9 Å². The van der Waals surface area contributed by atoms with E-state index in [1.54, 1.807) is 30.3 Å². The predicted octanol–water partition coefficient (Wildman–Crippen LogP) is 3.36. The molecule has 1 amide bonds. The number of benzene rings is 2. The van der Waals surface area contributed by atoms with Crippen molar-refractivity contribution in [2.45, 2.75) is 12.8 Å². The third kappa shape index (κ3) is 3.42. The number of fused-ring (bicyclic) bond motifs is 1. The van der Waals surface area contributed by atoms with Gasteiger partial charge in [-0.15, -0.1) is 0 Å². The maximum Gasteiger partial charge on any atom is 0.255 e. The van der Waals surface area contributed by atoms with E-state index in [1.165, 1.54) is 4.31 Å². The van der Waals surface area contributed by atoms with Crippen molar-refractivity contribution in [3.05, 3.63) is 60.3 Å². The van der Waals surface area contributed by atoms with Crippen molar-refractivity contribution in [2.75, 3.05) is 21.9 Å². The molecule has 0 saturated carbocycles. The quantitative estimate of drug-likeness (QED) is 0.754. The fraction of sp³-hybridized carbons (Fsp3) is 0.250. The highest BCUT2D eigenvalue weighted by molar-refractivity contribution is 7.92. The van der Waals surface area contributed by atoms with Gasteiger partial charge in [-0.05, 0) is 61.4 Å². The van der Waals surface area contributed by atoms with Crippen LogP contribution in [-0.4, -0.2) is 31.2 Å². The van der Waals surface area contributed by atoms with Crippen LogP contribution >= 0.6 is 0 Å². The van der Waals surface area contributed by atoms with Gasteiger partial charge in [0.25, 0.3) is 5.91 Å². The van der Waals surface area contributed by atoms with Gasteiger partial charge >= 0.3 is 0 Å². The van der Waals surface area contributed by atoms with Crippen molar-refractivity contribution in [3.63, 3.8) is 0 Å². The first-order chi connectivity index (χ1) is 12.9. The highest BCUT2D eigenvalue weighted by Crippen LogP contribution is 2.25. The van der Waals surface area contributed by atoms with E-state index in [1.807, 2.05) is 36.0 Å². The molecule has 1 aromatic heterocycles. The number of sulfonamides is 1. The number of carbonyl (C=O) groups is 1. The number of nitrogens with one attached hydrogen (secondary N) is 1. The molecular formula is C20H21N3O3S. The summed E-state index contributed by atoms with van der Waals surface area (Å²) in [7, 11) is -1.27. The van der Waals surface area contributed by atoms with Gasteiger partial charge in [-0.3, -0.25) is 9.10 Å². The first-order valence-corrected chi connectivity index (χ1v) is 10.5. The van der Waals surface area contributed by atoms with Crippen LogP contribution in [0.3, 0.4) is 0 Å². The van der Waals surface area contributed by atoms with Crippen molar-refractivity contribution in [2.24, 2.45) is 7.05 Å². The number of aromatic nitrogens is 1. The Balaban J connectivity index is 1.51. The summed E-state index contributed by atoms with van der Waals surface area (Å²) >= 11 is 0. The molecule has 1 aliphatic heterocycles. The van der Waals surface area contributed by atoms with Gasteiger partial charge in [0.2, 0.25) is 10.0 Å². The molecule has 1 fully saturated rings. The normalized spacial score (nSPS) is 16.4. The Morgan fingerprint density at radius 2 is 1.81 bits per heavy atom. The van der Waals surface area contributed by atoms with E-state index in [4.69, 9.17) is 0 Å². The molecule has 140 valence electrons. The first kappa shape index (κ1) is 17.6. The molecule has 0 atom stereocenters. The largest absolute Gasteiger partial charge is 0.351 e. The lowest BCUT2D eigenvalue weighted by molar-refractivity contribution is 0.102. The maximum absolute atomic E-state index is 12.5. The average molecular weight is 383 g/mol. The van der Waals surface area contributed by atoms with Crippen LogP contribution in [0.15, 0.2) is 54.7 Å². The lowest BCUT2D eigenvalue weighted by Gasteiger charge is -2.28. The van der Waals surface area contributed by atoms with Gasteiger partial charge in [-0.2, -0.15) is 0 Å². The fourth-order valence-corrected chi connectivity index (χ4v) is 5.06. The van der Waals surface area contributed by atoms with Gasteiger partial charge in [-0.25, -0.2) is 8.42 Å². The molecule has 1 saturated heterocycles. The van der Waals surface area contributed by atoms with Crippen LogP contribution in [0.2, 0.25) is 0 Å². The molecule has 0 radical (unpaired) electrons. The Morgan fingerprint density at radius 3 is 2.56 bits per heavy atom. The maximum atomic E-state index is 12.5. The molecule has 7 heteroatoms. The van der Waals surface area contributed by atoms with E-state index in [-0.39, 0.29) is 11.7 Å². The van der Waals surface area contributed by atoms with E-state index < -0.39 is 10.0 Å². The summed E-state index contributed by atoms with van der Waals surface area (Å²) in [6.45, 7) is 0.505. The van der Waals surface area contributed by atoms with Gasteiger partial charge < -0.3 is 9.88 Å². The number of carbonyl (C=O) groups excluding carboxylic acids is 1. The summed E-state index contributed by atoms with van der Waals surface area (Å²) in [5.41, 5.74) is 2.92. The molecule has 0 aliphatic carbocycles. The number of anilines is 2. The van der Waals surface area contributed by atoms with Gasteiger partial charge in [-0.1, -0.05) is 0 Å². The number of hydrogen-bond acceptors (Lipinski definition) is 3. The second-order valence-corrected chi connectivity index (χ2v) is 8.81. The molecule has 27 heavy (non-hydrogen) atoms. The van der Waals surface area contributed by atoms with Crippen LogP contribution in [0.5, 0.6) is 0 Å². The Kier molecular flexibility index (Phi) is 4.39. The Labute approximate surface area is 158 Å². The zero-order valence-electron chi connectivity index (χ0n) is 15.1. The molecule has 6 nitrogen and oxygen atoms in total. The lowest BCUT2D eigenvalue weighted by Crippen LogP contribution is -2.37. The highest BCUT2D eigenvalue weighted by Gasteiger charge is 2.25. The van der Waals surface area contributed by atoms with Gasteiger partial charge in [0.1, 0.15) is 0 Å². The second-order valence-electron chi connectivity index (χ2n) is 6.80. The topological polar surface area (TPSA) is 71.4 Å². The number of amides is 1. The molecule has 0 bridgehead atoms. The summed E-state index contributed by atoms with van der Waals surface area (Å²) < 4.78 is 27.8. The molecule has 0 spiro atoms. The van der Waals surface area contributed by atoms with E-state index in [2.05, 4.69) is 5.32 Å². The monoisotopic (exact) mass is 383 g/mol. The molecule has 0 unspecified atom stereocenters. The van der Waals surface area contributed by atoms with Crippen molar-refractivity contribution < 1.29 is 13.2 Å². The van der Waals surface area contributed by atoms with Crippen molar-refractivity contribution in [3.8, 4) is 0 Å². The van der Waals surface area contributed by atoms with E-state index >= 15 is 0 Å². The Bertz CT molecular complexity index is 1100. The SMILES string of the molecule is Cn1ccc2cc(C(=O)Nc3ccc(N4CCCCS4(=O)=O)cc3)ccc21. The smallest absolute Gasteiger partial charge is 0.255 e. The summed E-state index contributed by atoms with van der Waals surface area (Å²) in [6.07, 6.45) is 3.53. The van der Waals surface area contributed by atoms with Gasteiger partial charge in [0, 0.05) is 41.9 Å². The van der Waals surface area contributed by atoms with Gasteiger partial charge in [0.05, 0.1) is 11.4 Å². The number of aryl methyl sites for hydroxylation is 1. The lowest BCUT2D eigenvalue weighted by atomic mass is 10.1. The summed E-state index contributed by atoms with van der Waals surface area (Å²) in [4.78, 5) is 12.5. The minimum atomic E-state index is -3.23. The summed E-state index contributed by atoms with van der Waals surface area (Å²) in [5, 5.41) is 3.88. The summed E-state index contributed by atoms with van der Waals surface area (Å²) in [6, 6.07) is 14.5. The fourth-order valence-electron chi connectivity index (χ4n) is 3.42. The summed E-state index contributed by atoms with van der Waals surface area (Å²) in [5.74, 6) is -0.00733. The molecule has 1 aliphatic rings. The number of nitrogens with zero attached hydrogens (tertiary/aromatic N) is 2. The van der Waals surface area contributed by atoms with Crippen LogP contribution in [0.1, 0.15) is 23.2 Å². The minimum absolute atomic E-state index is 0.188. The third-order valence-electron chi connectivity index (χ3n) is 4.91. The zero-order valence-corrected chi connectivity index (χ0v) is 15.9. The molecular weight excluding hydrogens is 362 g/mol. The van der Waals surface area contributed by atoms with Crippen LogP contribution in [-0.2, 0) is 17.1 Å². The van der Waals surface area contributed by atoms with Crippen LogP contribution in [0.4, 0.5) is 11.4 Å². The standard InChI is InChI=1S/C20H21N3O3S/c1-22-12-10-15-14-16(4-9-19(15)22)20(24)21-17-5-7-18(8-6-17)23-11-2-3-13-27(23,25)26/h4-10,12,14H,2-3,11,13H2,1H3,(H,21,24). The second kappa shape index (κ2) is 6.74. The average Bonchev–Trinajstić information content (AvgIpc) is 3.03. The Morgan fingerprint density at radius 1 is 1.04 bits per heavy atom. The van der Waals surface area contributed by atoms with Crippen LogP contribution in [0.25, 0.3) is 10.9 Å². The number of hydrogen-bond donors (Lipinski definition) is 1. The van der Waals surface area contributed by atoms with Crippen molar-refractivity contribution in [1.29, 1.82) is 0 Å². The van der Waals surface area contributed by atoms with E-state index in [9.17, 15) is 13.2 Å². The highest BCUT2D eigenvalue weighted by atomic mass is 32.2. The molecule has 2 heterocycles. The minimum Gasteiger partial charge on any atom is -0.351 e. The molecule has 4 rings (SSSR count). The molecule has 3 aromatic rings. The zero-order chi connectivity index (χ0) is 19.0. The number of rotatable bonds is 3.